The predicted octanol–water partition coefficient (Wildman–Crippen LogP) is 3.59. The Kier molecular flexibility index (Phi) is 4.17. The van der Waals surface area contributed by atoms with Crippen molar-refractivity contribution < 1.29 is 19.6 Å². The Hall–Kier alpha value is -3.68. The molecule has 0 aliphatic carbocycles. The van der Waals surface area contributed by atoms with Crippen molar-refractivity contribution in [2.75, 3.05) is 12.4 Å². The van der Waals surface area contributed by atoms with E-state index in [1.165, 1.54) is 25.3 Å². The van der Waals surface area contributed by atoms with E-state index in [-0.39, 0.29) is 16.9 Å². The molecule has 3 aromatic rings. The number of carbonyl (C=O) groups is 1. The number of nitrogens with zero attached hydrogens (tertiary/aromatic N) is 2. The summed E-state index contributed by atoms with van der Waals surface area (Å²) in [6, 6.07) is 10.8. The molecule has 2 aromatic carbocycles. The Morgan fingerprint density at radius 1 is 1.20 bits per heavy atom. The van der Waals surface area contributed by atoms with E-state index in [1.54, 1.807) is 30.5 Å². The average molecular weight is 339 g/mol. The number of ether oxygens (including phenoxy) is 1. The SMILES string of the molecule is COc1nccc2c(Nc3c(C(=O)O)cccc3[N+](=O)[O-])cccc12. The number of carboxylic acid groups (broad SMARTS) is 1. The van der Waals surface area contributed by atoms with Crippen LogP contribution in [0.5, 0.6) is 5.88 Å². The lowest BCUT2D eigenvalue weighted by molar-refractivity contribution is -0.383. The van der Waals surface area contributed by atoms with Gasteiger partial charge in [0.1, 0.15) is 5.69 Å². The molecule has 1 aromatic heterocycles. The highest BCUT2D eigenvalue weighted by atomic mass is 16.6. The number of methoxy groups -OCH3 is 1. The van der Waals surface area contributed by atoms with E-state index in [0.717, 1.165) is 0 Å². The predicted molar refractivity (Wildman–Crippen MR) is 91.6 cm³/mol. The van der Waals surface area contributed by atoms with Crippen LogP contribution in [0.3, 0.4) is 0 Å². The minimum Gasteiger partial charge on any atom is -0.481 e. The molecule has 0 unspecified atom stereocenters. The third kappa shape index (κ3) is 2.92. The van der Waals surface area contributed by atoms with E-state index in [9.17, 15) is 20.0 Å². The Balaban J connectivity index is 2.20. The highest BCUT2D eigenvalue weighted by molar-refractivity contribution is 6.02. The number of nitrogens with one attached hydrogen (secondary N) is 1. The summed E-state index contributed by atoms with van der Waals surface area (Å²) in [7, 11) is 1.49. The van der Waals surface area contributed by atoms with E-state index in [2.05, 4.69) is 10.3 Å². The molecule has 0 radical (unpaired) electrons. The number of carboxylic acids is 1. The lowest BCUT2D eigenvalue weighted by Gasteiger charge is -2.13. The summed E-state index contributed by atoms with van der Waals surface area (Å²) >= 11 is 0. The fraction of sp³-hybridized carbons (Fsp3) is 0.0588. The first-order valence-electron chi connectivity index (χ1n) is 7.22. The Morgan fingerprint density at radius 3 is 2.64 bits per heavy atom. The molecule has 2 N–H and O–H groups in total. The fourth-order valence-electron chi connectivity index (χ4n) is 2.59. The molecule has 1 heterocycles. The summed E-state index contributed by atoms with van der Waals surface area (Å²) in [6.45, 7) is 0. The molecule has 0 atom stereocenters. The molecule has 0 saturated carbocycles. The zero-order valence-electron chi connectivity index (χ0n) is 13.1. The fourth-order valence-corrected chi connectivity index (χ4v) is 2.59. The number of benzene rings is 2. The minimum atomic E-state index is -1.26. The van der Waals surface area contributed by atoms with E-state index in [0.29, 0.717) is 22.3 Å². The quantitative estimate of drug-likeness (QED) is 0.539. The van der Waals surface area contributed by atoms with Crippen molar-refractivity contribution in [3.63, 3.8) is 0 Å². The van der Waals surface area contributed by atoms with E-state index in [1.807, 2.05) is 0 Å². The normalized spacial score (nSPS) is 10.4. The summed E-state index contributed by atoms with van der Waals surface area (Å²) < 4.78 is 5.22. The lowest BCUT2D eigenvalue weighted by Crippen LogP contribution is -2.06. The molecule has 8 nitrogen and oxygen atoms in total. The third-order valence-corrected chi connectivity index (χ3v) is 3.69. The summed E-state index contributed by atoms with van der Waals surface area (Å²) in [5.74, 6) is -0.854. The van der Waals surface area contributed by atoms with Crippen LogP contribution in [0.15, 0.2) is 48.7 Å². The maximum absolute atomic E-state index is 11.5. The number of hydrogen-bond acceptors (Lipinski definition) is 6. The first-order valence-corrected chi connectivity index (χ1v) is 7.22. The third-order valence-electron chi connectivity index (χ3n) is 3.69. The Morgan fingerprint density at radius 2 is 1.96 bits per heavy atom. The van der Waals surface area contributed by atoms with Crippen LogP contribution in [0, 0.1) is 10.1 Å². The zero-order valence-corrected chi connectivity index (χ0v) is 13.1. The van der Waals surface area contributed by atoms with Crippen LogP contribution in [0.1, 0.15) is 10.4 Å². The largest absolute Gasteiger partial charge is 0.481 e. The first-order chi connectivity index (χ1) is 12.0. The van der Waals surface area contributed by atoms with Gasteiger partial charge < -0.3 is 15.2 Å². The molecular weight excluding hydrogens is 326 g/mol. The Bertz CT molecular complexity index is 955. The minimum absolute atomic E-state index is 0.0803. The van der Waals surface area contributed by atoms with Crippen LogP contribution < -0.4 is 10.1 Å². The number of rotatable bonds is 5. The highest BCUT2D eigenvalue weighted by Crippen LogP contribution is 2.35. The molecule has 3 rings (SSSR count). The summed E-state index contributed by atoms with van der Waals surface area (Å²) in [5, 5.41) is 24.9. The highest BCUT2D eigenvalue weighted by Gasteiger charge is 2.22. The van der Waals surface area contributed by atoms with Crippen LogP contribution >= 0.6 is 0 Å². The number of nitro groups is 1. The number of pyridine rings is 1. The number of anilines is 2. The van der Waals surface area contributed by atoms with Gasteiger partial charge in [-0.3, -0.25) is 10.1 Å². The van der Waals surface area contributed by atoms with Gasteiger partial charge in [0.15, 0.2) is 0 Å². The van der Waals surface area contributed by atoms with Crippen LogP contribution in [0.4, 0.5) is 17.1 Å². The van der Waals surface area contributed by atoms with Crippen LogP contribution in [0.2, 0.25) is 0 Å². The van der Waals surface area contributed by atoms with Gasteiger partial charge in [0.05, 0.1) is 17.6 Å². The topological polar surface area (TPSA) is 115 Å². The second-order valence-electron chi connectivity index (χ2n) is 5.11. The molecular formula is C17H13N3O5. The van der Waals surface area contributed by atoms with Crippen molar-refractivity contribution >= 4 is 33.8 Å². The number of aromatic nitrogens is 1. The molecule has 0 fully saturated rings. The number of aromatic carboxylic acids is 1. The number of para-hydroxylation sites is 1. The second-order valence-corrected chi connectivity index (χ2v) is 5.11. The van der Waals surface area contributed by atoms with Gasteiger partial charge in [-0.15, -0.1) is 0 Å². The second kappa shape index (κ2) is 6.44. The van der Waals surface area contributed by atoms with Crippen molar-refractivity contribution in [3.05, 3.63) is 64.3 Å². The van der Waals surface area contributed by atoms with E-state index in [4.69, 9.17) is 4.74 Å². The summed E-state index contributed by atoms with van der Waals surface area (Å²) in [6.07, 6.45) is 1.55. The molecule has 0 bridgehead atoms. The van der Waals surface area contributed by atoms with Crippen LogP contribution in [-0.2, 0) is 0 Å². The van der Waals surface area contributed by atoms with Crippen molar-refractivity contribution in [1.82, 2.24) is 4.98 Å². The maximum atomic E-state index is 11.5. The standard InChI is InChI=1S/C17H13N3O5/c1-25-16-11-4-2-6-13(10(11)8-9-18-16)19-15-12(17(21)22)5-3-7-14(15)20(23)24/h2-9,19H,1H3,(H,21,22). The van der Waals surface area contributed by atoms with Crippen molar-refractivity contribution in [1.29, 1.82) is 0 Å². The van der Waals surface area contributed by atoms with Crippen molar-refractivity contribution in [2.24, 2.45) is 0 Å². The van der Waals surface area contributed by atoms with Gasteiger partial charge in [-0.25, -0.2) is 9.78 Å². The summed E-state index contributed by atoms with van der Waals surface area (Å²) in [5.41, 5.74) is -0.0802. The molecule has 0 spiro atoms. The lowest BCUT2D eigenvalue weighted by atomic mass is 10.1. The van der Waals surface area contributed by atoms with E-state index >= 15 is 0 Å². The average Bonchev–Trinajstić information content (AvgIpc) is 2.61. The number of hydrogen-bond donors (Lipinski definition) is 2. The maximum Gasteiger partial charge on any atom is 0.338 e. The zero-order chi connectivity index (χ0) is 18.0. The van der Waals surface area contributed by atoms with Crippen molar-refractivity contribution in [3.8, 4) is 5.88 Å². The van der Waals surface area contributed by atoms with Gasteiger partial charge in [-0.1, -0.05) is 12.1 Å². The smallest absolute Gasteiger partial charge is 0.338 e. The van der Waals surface area contributed by atoms with Crippen LogP contribution in [0.25, 0.3) is 10.8 Å². The van der Waals surface area contributed by atoms with Gasteiger partial charge in [0.25, 0.3) is 5.69 Å². The number of nitro benzene ring substituents is 1. The molecule has 25 heavy (non-hydrogen) atoms. The molecule has 0 aliphatic rings. The molecule has 8 heteroatoms. The van der Waals surface area contributed by atoms with Crippen LogP contribution in [-0.4, -0.2) is 28.1 Å². The van der Waals surface area contributed by atoms with Gasteiger partial charge in [0, 0.05) is 28.7 Å². The molecule has 0 amide bonds. The van der Waals surface area contributed by atoms with E-state index < -0.39 is 10.9 Å². The Labute approximate surface area is 141 Å². The van der Waals surface area contributed by atoms with Gasteiger partial charge in [-0.05, 0) is 24.3 Å². The van der Waals surface area contributed by atoms with Gasteiger partial charge >= 0.3 is 5.97 Å². The summed E-state index contributed by atoms with van der Waals surface area (Å²) in [4.78, 5) is 26.2. The first kappa shape index (κ1) is 16.2. The molecule has 0 aliphatic heterocycles. The van der Waals surface area contributed by atoms with Crippen molar-refractivity contribution in [2.45, 2.75) is 0 Å². The number of fused-ring (bicyclic) bond motifs is 1. The monoisotopic (exact) mass is 339 g/mol. The van der Waals surface area contributed by atoms with Gasteiger partial charge in [-0.2, -0.15) is 0 Å². The van der Waals surface area contributed by atoms with Gasteiger partial charge in [0.2, 0.25) is 5.88 Å². The molecule has 0 saturated heterocycles. The molecule has 126 valence electrons.